The Balaban J connectivity index is 1.49. The molecule has 4 aromatic rings. The van der Waals surface area contributed by atoms with Crippen LogP contribution in [0.5, 0.6) is 11.5 Å². The largest absolute Gasteiger partial charge is 0.490 e. The second-order valence-electron chi connectivity index (χ2n) is 9.72. The smallest absolute Gasteiger partial charge is 0.282 e. The van der Waals surface area contributed by atoms with Crippen LogP contribution in [0.3, 0.4) is 0 Å². The van der Waals surface area contributed by atoms with Crippen LogP contribution in [0.25, 0.3) is 10.9 Å². The van der Waals surface area contributed by atoms with Gasteiger partial charge in [0.1, 0.15) is 12.4 Å². The highest BCUT2D eigenvalue weighted by Crippen LogP contribution is 2.35. The average molecular weight is 622 g/mol. The van der Waals surface area contributed by atoms with E-state index in [0.717, 1.165) is 51.7 Å². The first-order chi connectivity index (χ1) is 18.5. The van der Waals surface area contributed by atoms with Crippen molar-refractivity contribution in [2.75, 3.05) is 6.61 Å². The van der Waals surface area contributed by atoms with Crippen molar-refractivity contribution in [3.63, 3.8) is 0 Å². The lowest BCUT2D eigenvalue weighted by atomic mass is 9.88. The molecule has 0 unspecified atom stereocenters. The third-order valence-corrected chi connectivity index (χ3v) is 7.67. The van der Waals surface area contributed by atoms with Gasteiger partial charge < -0.3 is 9.47 Å². The summed E-state index contributed by atoms with van der Waals surface area (Å²) in [5.41, 5.74) is 3.73. The standard InChI is InChI=1S/C31H32IN3O3/c1-3-37-28-18-23(17-26(32)29(28)38-20-22-11-9-10-21(2)16-22)19-33-35-30(24-12-5-4-6-13-24)34-27-15-8-7-14-25(27)31(35)36/h7-11,14-19,24H,3-6,12-13,20H2,1-2H3. The monoisotopic (exact) mass is 621 g/mol. The van der Waals surface area contributed by atoms with E-state index >= 15 is 0 Å². The van der Waals surface area contributed by atoms with Crippen LogP contribution in [0.2, 0.25) is 0 Å². The number of aromatic nitrogens is 2. The molecule has 0 N–H and O–H groups in total. The highest BCUT2D eigenvalue weighted by atomic mass is 127. The first kappa shape index (κ1) is 26.4. The maximum atomic E-state index is 13.5. The van der Waals surface area contributed by atoms with Crippen molar-refractivity contribution in [3.8, 4) is 11.5 Å². The zero-order valence-corrected chi connectivity index (χ0v) is 24.0. The van der Waals surface area contributed by atoms with E-state index in [-0.39, 0.29) is 11.5 Å². The zero-order chi connectivity index (χ0) is 26.5. The van der Waals surface area contributed by atoms with Gasteiger partial charge in [-0.05, 0) is 84.7 Å². The van der Waals surface area contributed by atoms with Gasteiger partial charge in [0.05, 0.1) is 27.3 Å². The predicted molar refractivity (Wildman–Crippen MR) is 161 cm³/mol. The Kier molecular flexibility index (Phi) is 8.42. The number of rotatable bonds is 8. The van der Waals surface area contributed by atoms with Crippen LogP contribution in [0.4, 0.5) is 0 Å². The Bertz CT molecular complexity index is 1520. The average Bonchev–Trinajstić information content (AvgIpc) is 2.93. The highest BCUT2D eigenvalue weighted by molar-refractivity contribution is 14.1. The molecular formula is C31H32IN3O3. The van der Waals surface area contributed by atoms with E-state index in [1.165, 1.54) is 16.7 Å². The summed E-state index contributed by atoms with van der Waals surface area (Å²) in [5.74, 6) is 2.35. The Labute approximate surface area is 236 Å². The molecule has 6 nitrogen and oxygen atoms in total. The maximum absolute atomic E-state index is 13.5. The fraction of sp³-hybridized carbons (Fsp3) is 0.323. The van der Waals surface area contributed by atoms with Gasteiger partial charge in [0.2, 0.25) is 0 Å². The molecule has 0 saturated heterocycles. The van der Waals surface area contributed by atoms with Crippen LogP contribution in [-0.4, -0.2) is 22.5 Å². The van der Waals surface area contributed by atoms with Crippen LogP contribution in [-0.2, 0) is 6.61 Å². The molecule has 196 valence electrons. The third kappa shape index (κ3) is 5.93. The van der Waals surface area contributed by atoms with Crippen molar-refractivity contribution in [1.29, 1.82) is 0 Å². The summed E-state index contributed by atoms with van der Waals surface area (Å²) in [6.07, 6.45) is 7.31. The fourth-order valence-electron chi connectivity index (χ4n) is 5.02. The number of para-hydroxylation sites is 1. The third-order valence-electron chi connectivity index (χ3n) is 6.87. The molecule has 7 heteroatoms. The maximum Gasteiger partial charge on any atom is 0.282 e. The van der Waals surface area contributed by atoms with E-state index in [2.05, 4.69) is 47.7 Å². The molecule has 3 aromatic carbocycles. The SMILES string of the molecule is CCOc1cc(C=Nn2c(C3CCCCC3)nc3ccccc3c2=O)cc(I)c1OCc1cccc(C)c1. The van der Waals surface area contributed by atoms with Crippen LogP contribution < -0.4 is 15.0 Å². The summed E-state index contributed by atoms with van der Waals surface area (Å²) in [5, 5.41) is 5.27. The number of aryl methyl sites for hydroxylation is 1. The number of hydrogen-bond donors (Lipinski definition) is 0. The molecule has 1 aliphatic carbocycles. The molecule has 1 aliphatic rings. The zero-order valence-electron chi connectivity index (χ0n) is 21.8. The van der Waals surface area contributed by atoms with Gasteiger partial charge >= 0.3 is 0 Å². The van der Waals surface area contributed by atoms with Gasteiger partial charge in [-0.2, -0.15) is 9.78 Å². The highest BCUT2D eigenvalue weighted by Gasteiger charge is 2.22. The molecular weight excluding hydrogens is 589 g/mol. The van der Waals surface area contributed by atoms with Crippen LogP contribution in [0.15, 0.2) is 70.6 Å². The molecule has 1 fully saturated rings. The second kappa shape index (κ2) is 12.1. The van der Waals surface area contributed by atoms with Gasteiger partial charge in [-0.15, -0.1) is 0 Å². The molecule has 38 heavy (non-hydrogen) atoms. The van der Waals surface area contributed by atoms with Crippen LogP contribution in [0.1, 0.15) is 67.5 Å². The van der Waals surface area contributed by atoms with E-state index in [1.54, 1.807) is 6.21 Å². The lowest BCUT2D eigenvalue weighted by Gasteiger charge is -2.22. The number of halogens is 1. The van der Waals surface area contributed by atoms with Crippen molar-refractivity contribution >= 4 is 39.7 Å². The Morgan fingerprint density at radius 2 is 1.87 bits per heavy atom. The topological polar surface area (TPSA) is 65.7 Å². The lowest BCUT2D eigenvalue weighted by Crippen LogP contribution is -2.25. The van der Waals surface area contributed by atoms with Crippen LogP contribution >= 0.6 is 22.6 Å². The van der Waals surface area contributed by atoms with Crippen molar-refractivity contribution in [2.24, 2.45) is 5.10 Å². The van der Waals surface area contributed by atoms with Gasteiger partial charge in [0.15, 0.2) is 11.5 Å². The molecule has 5 rings (SSSR count). The minimum Gasteiger partial charge on any atom is -0.490 e. The summed E-state index contributed by atoms with van der Waals surface area (Å²) in [6, 6.07) is 19.7. The number of nitrogens with zero attached hydrogens (tertiary/aromatic N) is 3. The Morgan fingerprint density at radius 3 is 2.66 bits per heavy atom. The van der Waals surface area contributed by atoms with Gasteiger partial charge in [-0.25, -0.2) is 4.98 Å². The number of fused-ring (bicyclic) bond motifs is 1. The molecule has 0 bridgehead atoms. The first-order valence-electron chi connectivity index (χ1n) is 13.2. The molecule has 1 aromatic heterocycles. The van der Waals surface area contributed by atoms with E-state index in [4.69, 9.17) is 19.6 Å². The molecule has 0 radical (unpaired) electrons. The van der Waals surface area contributed by atoms with E-state index in [1.807, 2.05) is 49.4 Å². The van der Waals surface area contributed by atoms with Crippen molar-refractivity contribution in [3.05, 3.63) is 97.1 Å². The van der Waals surface area contributed by atoms with Crippen molar-refractivity contribution in [2.45, 2.75) is 58.5 Å². The number of benzene rings is 3. The van der Waals surface area contributed by atoms with Gasteiger partial charge in [0.25, 0.3) is 5.56 Å². The Hall–Kier alpha value is -3.20. The number of hydrogen-bond acceptors (Lipinski definition) is 5. The van der Waals surface area contributed by atoms with E-state index in [0.29, 0.717) is 30.1 Å². The normalized spacial score (nSPS) is 14.3. The number of ether oxygens (including phenoxy) is 2. The van der Waals surface area contributed by atoms with Gasteiger partial charge in [-0.3, -0.25) is 4.79 Å². The summed E-state index contributed by atoms with van der Waals surface area (Å²) in [4.78, 5) is 18.4. The minimum atomic E-state index is -0.134. The molecule has 0 aliphatic heterocycles. The summed E-state index contributed by atoms with van der Waals surface area (Å²) < 4.78 is 14.6. The Morgan fingerprint density at radius 1 is 1.05 bits per heavy atom. The van der Waals surface area contributed by atoms with Crippen molar-refractivity contribution < 1.29 is 9.47 Å². The lowest BCUT2D eigenvalue weighted by molar-refractivity contribution is 0.267. The molecule has 0 atom stereocenters. The first-order valence-corrected chi connectivity index (χ1v) is 14.3. The molecule has 1 saturated carbocycles. The quantitative estimate of drug-likeness (QED) is 0.154. The minimum absolute atomic E-state index is 0.134. The fourth-order valence-corrected chi connectivity index (χ4v) is 5.81. The molecule has 1 heterocycles. The predicted octanol–water partition coefficient (Wildman–Crippen LogP) is 7.22. The summed E-state index contributed by atoms with van der Waals surface area (Å²) >= 11 is 2.27. The molecule has 0 amide bonds. The van der Waals surface area contributed by atoms with Gasteiger partial charge in [0, 0.05) is 5.92 Å². The van der Waals surface area contributed by atoms with Crippen molar-refractivity contribution in [1.82, 2.24) is 9.66 Å². The van der Waals surface area contributed by atoms with Crippen LogP contribution in [0, 0.1) is 10.5 Å². The second-order valence-corrected chi connectivity index (χ2v) is 10.9. The molecule has 0 spiro atoms. The van der Waals surface area contributed by atoms with Gasteiger partial charge in [-0.1, -0.05) is 61.2 Å². The van der Waals surface area contributed by atoms with E-state index in [9.17, 15) is 4.79 Å². The van der Waals surface area contributed by atoms with E-state index < -0.39 is 0 Å². The summed E-state index contributed by atoms with van der Waals surface area (Å²) in [7, 11) is 0. The summed E-state index contributed by atoms with van der Waals surface area (Å²) in [6.45, 7) is 4.99.